The summed E-state index contributed by atoms with van der Waals surface area (Å²) in [7, 11) is 0. The summed E-state index contributed by atoms with van der Waals surface area (Å²) in [6.45, 7) is 3.20. The third-order valence-corrected chi connectivity index (χ3v) is 3.25. The first-order valence-corrected chi connectivity index (χ1v) is 6.64. The van der Waals surface area contributed by atoms with Gasteiger partial charge in [-0.25, -0.2) is 0 Å². The van der Waals surface area contributed by atoms with Crippen molar-refractivity contribution in [3.63, 3.8) is 0 Å². The van der Waals surface area contributed by atoms with Crippen LogP contribution in [0.15, 0.2) is 22.7 Å². The molecule has 0 aliphatic carbocycles. The van der Waals surface area contributed by atoms with Crippen molar-refractivity contribution in [2.45, 2.75) is 20.3 Å². The number of carbonyl (C=O) groups is 1. The molecule has 0 heterocycles. The van der Waals surface area contributed by atoms with Crippen molar-refractivity contribution in [3.8, 4) is 6.07 Å². The van der Waals surface area contributed by atoms with Crippen molar-refractivity contribution in [2.24, 2.45) is 5.41 Å². The lowest BCUT2D eigenvalue weighted by Gasteiger charge is -2.19. The summed E-state index contributed by atoms with van der Waals surface area (Å²) in [6, 6.07) is 6.38. The van der Waals surface area contributed by atoms with E-state index in [1.807, 2.05) is 6.07 Å². The lowest BCUT2D eigenvalue weighted by molar-refractivity contribution is -0.385. The van der Waals surface area contributed by atoms with E-state index in [0.717, 1.165) is 0 Å². The van der Waals surface area contributed by atoms with Crippen molar-refractivity contribution in [3.05, 3.63) is 38.3 Å². The molecule has 7 heteroatoms. The van der Waals surface area contributed by atoms with Gasteiger partial charge in [-0.15, -0.1) is 0 Å². The molecular formula is C13H13BrN2O4. The fraction of sp³-hybridized carbons (Fsp3) is 0.385. The van der Waals surface area contributed by atoms with Crippen molar-refractivity contribution >= 4 is 27.6 Å². The molecule has 0 aromatic heterocycles. The van der Waals surface area contributed by atoms with Gasteiger partial charge >= 0.3 is 5.97 Å². The molecule has 0 saturated carbocycles. The van der Waals surface area contributed by atoms with Gasteiger partial charge < -0.3 is 4.74 Å². The molecule has 0 aliphatic rings. The lowest BCUT2D eigenvalue weighted by Crippen LogP contribution is -2.31. The van der Waals surface area contributed by atoms with Gasteiger partial charge in [-0.2, -0.15) is 5.26 Å². The third kappa shape index (κ3) is 3.54. The summed E-state index contributed by atoms with van der Waals surface area (Å²) < 4.78 is 5.41. The van der Waals surface area contributed by atoms with Gasteiger partial charge in [0.15, 0.2) is 5.41 Å². The monoisotopic (exact) mass is 340 g/mol. The second kappa shape index (κ2) is 6.48. The highest BCUT2D eigenvalue weighted by Crippen LogP contribution is 2.31. The van der Waals surface area contributed by atoms with Gasteiger partial charge in [-0.3, -0.25) is 14.9 Å². The van der Waals surface area contributed by atoms with Gasteiger partial charge in [0.25, 0.3) is 5.69 Å². The Labute approximate surface area is 124 Å². The van der Waals surface area contributed by atoms with Gasteiger partial charge in [-0.1, -0.05) is 22.0 Å². The van der Waals surface area contributed by atoms with E-state index in [1.54, 1.807) is 13.0 Å². The molecule has 0 N–H and O–H groups in total. The Balaban J connectivity index is 3.17. The number of rotatable bonds is 5. The molecule has 0 radical (unpaired) electrons. The zero-order valence-electron chi connectivity index (χ0n) is 11.1. The predicted octanol–water partition coefficient (Wildman–Crippen LogP) is 2.99. The minimum absolute atomic E-state index is 0.0775. The van der Waals surface area contributed by atoms with Crippen LogP contribution in [0.5, 0.6) is 0 Å². The molecule has 1 aromatic rings. The van der Waals surface area contributed by atoms with E-state index in [1.165, 1.54) is 19.1 Å². The number of ether oxygens (including phenoxy) is 1. The van der Waals surface area contributed by atoms with Crippen LogP contribution in [0.25, 0.3) is 0 Å². The van der Waals surface area contributed by atoms with E-state index in [0.29, 0.717) is 10.0 Å². The van der Waals surface area contributed by atoms with Crippen LogP contribution in [0.3, 0.4) is 0 Å². The van der Waals surface area contributed by atoms with E-state index in [9.17, 15) is 20.2 Å². The summed E-state index contributed by atoms with van der Waals surface area (Å²) in [5, 5.41) is 20.2. The Bertz CT molecular complexity index is 582. The smallest absolute Gasteiger partial charge is 0.326 e. The molecule has 0 bridgehead atoms. The van der Waals surface area contributed by atoms with E-state index >= 15 is 0 Å². The average molecular weight is 341 g/mol. The second-order valence-corrected chi connectivity index (χ2v) is 5.29. The topological polar surface area (TPSA) is 93.2 Å². The van der Waals surface area contributed by atoms with Crippen molar-refractivity contribution in [1.82, 2.24) is 0 Å². The Morgan fingerprint density at radius 2 is 2.25 bits per heavy atom. The van der Waals surface area contributed by atoms with Gasteiger partial charge in [-0.05, 0) is 19.9 Å². The maximum Gasteiger partial charge on any atom is 0.326 e. The Morgan fingerprint density at radius 3 is 2.75 bits per heavy atom. The number of benzene rings is 1. The molecule has 6 nitrogen and oxygen atoms in total. The molecule has 0 aliphatic heterocycles. The summed E-state index contributed by atoms with van der Waals surface area (Å²) >= 11 is 3.15. The minimum atomic E-state index is -1.45. The van der Waals surface area contributed by atoms with Crippen molar-refractivity contribution in [2.75, 3.05) is 6.61 Å². The molecule has 0 spiro atoms. The van der Waals surface area contributed by atoms with Crippen LogP contribution < -0.4 is 0 Å². The number of carbonyl (C=O) groups excluding carboxylic acids is 1. The highest BCUT2D eigenvalue weighted by molar-refractivity contribution is 9.10. The first kappa shape index (κ1) is 16.1. The van der Waals surface area contributed by atoms with Gasteiger partial charge in [0, 0.05) is 22.5 Å². The molecule has 1 rings (SSSR count). The first-order valence-electron chi connectivity index (χ1n) is 5.85. The number of nitro groups is 1. The number of hydrogen-bond donors (Lipinski definition) is 0. The van der Waals surface area contributed by atoms with E-state index in [-0.39, 0.29) is 18.7 Å². The van der Waals surface area contributed by atoms with Gasteiger partial charge in [0.05, 0.1) is 17.6 Å². The standard InChI is InChI=1S/C13H13BrN2O4/c1-3-20-12(17)13(2,8-15)7-9-4-5-10(14)6-11(9)16(18)19/h4-6H,3,7H2,1-2H3. The molecule has 1 aromatic carbocycles. The quantitative estimate of drug-likeness (QED) is 0.466. The zero-order chi connectivity index (χ0) is 15.3. The average Bonchev–Trinajstić information content (AvgIpc) is 2.40. The lowest BCUT2D eigenvalue weighted by atomic mass is 9.84. The Kier molecular flexibility index (Phi) is 5.22. The molecule has 0 fully saturated rings. The van der Waals surface area contributed by atoms with Gasteiger partial charge in [0.2, 0.25) is 0 Å². The highest BCUT2D eigenvalue weighted by atomic mass is 79.9. The molecule has 1 unspecified atom stereocenters. The minimum Gasteiger partial charge on any atom is -0.465 e. The summed E-state index contributed by atoms with van der Waals surface area (Å²) in [6.07, 6.45) is -0.0775. The number of nitro benzene ring substituents is 1. The van der Waals surface area contributed by atoms with Crippen LogP contribution in [-0.4, -0.2) is 17.5 Å². The number of hydrogen-bond acceptors (Lipinski definition) is 5. The number of halogens is 1. The molecule has 0 saturated heterocycles. The second-order valence-electron chi connectivity index (χ2n) is 4.37. The molecule has 0 amide bonds. The van der Waals surface area contributed by atoms with E-state index < -0.39 is 16.3 Å². The predicted molar refractivity (Wildman–Crippen MR) is 74.9 cm³/mol. The summed E-state index contributed by atoms with van der Waals surface area (Å²) in [5.41, 5.74) is -1.27. The van der Waals surface area contributed by atoms with Crippen molar-refractivity contribution in [1.29, 1.82) is 5.26 Å². The number of nitrogens with zero attached hydrogens (tertiary/aromatic N) is 2. The summed E-state index contributed by atoms with van der Waals surface area (Å²) in [5.74, 6) is -0.681. The van der Waals surface area contributed by atoms with Crippen LogP contribution in [0, 0.1) is 26.9 Å². The SMILES string of the molecule is CCOC(=O)C(C)(C#N)Cc1ccc(Br)cc1[N+](=O)[O-]. The van der Waals surface area contributed by atoms with Crippen molar-refractivity contribution < 1.29 is 14.5 Å². The fourth-order valence-corrected chi connectivity index (χ4v) is 2.03. The molecule has 20 heavy (non-hydrogen) atoms. The van der Waals surface area contributed by atoms with Crippen LogP contribution in [0.4, 0.5) is 5.69 Å². The fourth-order valence-electron chi connectivity index (χ4n) is 1.69. The Hall–Kier alpha value is -1.94. The maximum atomic E-state index is 11.8. The van der Waals surface area contributed by atoms with E-state index in [4.69, 9.17) is 4.74 Å². The molecule has 106 valence electrons. The largest absolute Gasteiger partial charge is 0.465 e. The summed E-state index contributed by atoms with van der Waals surface area (Å²) in [4.78, 5) is 22.3. The molecule has 1 atom stereocenters. The van der Waals surface area contributed by atoms with Crippen LogP contribution in [0.1, 0.15) is 19.4 Å². The van der Waals surface area contributed by atoms with Gasteiger partial charge in [0.1, 0.15) is 0 Å². The maximum absolute atomic E-state index is 11.8. The van der Waals surface area contributed by atoms with Crippen LogP contribution in [0.2, 0.25) is 0 Å². The first-order chi connectivity index (χ1) is 9.34. The highest BCUT2D eigenvalue weighted by Gasteiger charge is 2.37. The van der Waals surface area contributed by atoms with Crippen LogP contribution in [-0.2, 0) is 16.0 Å². The van der Waals surface area contributed by atoms with E-state index in [2.05, 4.69) is 15.9 Å². The Morgan fingerprint density at radius 1 is 1.60 bits per heavy atom. The number of esters is 1. The zero-order valence-corrected chi connectivity index (χ0v) is 12.6. The third-order valence-electron chi connectivity index (χ3n) is 2.76. The number of nitriles is 1. The normalized spacial score (nSPS) is 13.1. The van der Waals surface area contributed by atoms with Crippen LogP contribution >= 0.6 is 15.9 Å². The molecular weight excluding hydrogens is 328 g/mol.